The molecule has 0 aliphatic carbocycles. The molecule has 1 heterocycles. The molecule has 0 aromatic heterocycles. The third-order valence-electron chi connectivity index (χ3n) is 1.73. The summed E-state index contributed by atoms with van der Waals surface area (Å²) < 4.78 is 4.95. The molecule has 1 N–H and O–H groups in total. The van der Waals surface area contributed by atoms with Gasteiger partial charge in [0.15, 0.2) is 0 Å². The summed E-state index contributed by atoms with van der Waals surface area (Å²) in [7, 11) is 1.75. The molecule has 1 rings (SSSR count). The van der Waals surface area contributed by atoms with Crippen molar-refractivity contribution in [3.8, 4) is 0 Å². The number of ether oxygens (including phenoxy) is 1. The van der Waals surface area contributed by atoms with Crippen molar-refractivity contribution >= 4 is 0 Å². The SMILES string of the molecule is COCCCC1C=CCN1. The predicted molar refractivity (Wildman–Crippen MR) is 42.0 cm³/mol. The molecule has 0 aromatic carbocycles. The number of hydrogen-bond donors (Lipinski definition) is 1. The Labute approximate surface area is 62.3 Å². The van der Waals surface area contributed by atoms with Crippen LogP contribution < -0.4 is 5.32 Å². The quantitative estimate of drug-likeness (QED) is 0.464. The monoisotopic (exact) mass is 141 g/mol. The normalized spacial score (nSPS) is 23.9. The zero-order valence-corrected chi connectivity index (χ0v) is 6.47. The van der Waals surface area contributed by atoms with Gasteiger partial charge in [0.25, 0.3) is 0 Å². The summed E-state index contributed by atoms with van der Waals surface area (Å²) in [5, 5.41) is 3.35. The highest BCUT2D eigenvalue weighted by molar-refractivity contribution is 5.01. The van der Waals surface area contributed by atoms with Crippen LogP contribution in [-0.4, -0.2) is 26.3 Å². The van der Waals surface area contributed by atoms with Crippen molar-refractivity contribution in [3.05, 3.63) is 12.2 Å². The van der Waals surface area contributed by atoms with Gasteiger partial charge in [-0.3, -0.25) is 0 Å². The molecule has 0 spiro atoms. The van der Waals surface area contributed by atoms with E-state index in [0.29, 0.717) is 6.04 Å². The summed E-state index contributed by atoms with van der Waals surface area (Å²) in [6.07, 6.45) is 6.76. The average molecular weight is 141 g/mol. The Kier molecular flexibility index (Phi) is 3.47. The van der Waals surface area contributed by atoms with Crippen molar-refractivity contribution in [2.24, 2.45) is 0 Å². The molecule has 1 aliphatic rings. The van der Waals surface area contributed by atoms with Gasteiger partial charge in [0, 0.05) is 26.3 Å². The van der Waals surface area contributed by atoms with Gasteiger partial charge in [0.05, 0.1) is 0 Å². The van der Waals surface area contributed by atoms with Crippen molar-refractivity contribution in [3.63, 3.8) is 0 Å². The van der Waals surface area contributed by atoms with E-state index in [-0.39, 0.29) is 0 Å². The van der Waals surface area contributed by atoms with Crippen LogP contribution in [0.5, 0.6) is 0 Å². The largest absolute Gasteiger partial charge is 0.385 e. The molecule has 0 amide bonds. The summed E-state index contributed by atoms with van der Waals surface area (Å²) in [6.45, 7) is 1.92. The molecular weight excluding hydrogens is 126 g/mol. The van der Waals surface area contributed by atoms with Gasteiger partial charge in [0.2, 0.25) is 0 Å². The van der Waals surface area contributed by atoms with Crippen LogP contribution in [0.3, 0.4) is 0 Å². The van der Waals surface area contributed by atoms with Gasteiger partial charge >= 0.3 is 0 Å². The first kappa shape index (κ1) is 7.76. The Balaban J connectivity index is 1.97. The van der Waals surface area contributed by atoms with Crippen LogP contribution in [0.15, 0.2) is 12.2 Å². The van der Waals surface area contributed by atoms with E-state index < -0.39 is 0 Å². The molecular formula is C8H15NO. The third-order valence-corrected chi connectivity index (χ3v) is 1.73. The molecule has 10 heavy (non-hydrogen) atoms. The first-order valence-electron chi connectivity index (χ1n) is 3.82. The van der Waals surface area contributed by atoms with Crippen LogP contribution >= 0.6 is 0 Å². The van der Waals surface area contributed by atoms with Gasteiger partial charge in [-0.1, -0.05) is 12.2 Å². The lowest BCUT2D eigenvalue weighted by atomic mass is 10.2. The van der Waals surface area contributed by atoms with Crippen molar-refractivity contribution in [2.75, 3.05) is 20.3 Å². The van der Waals surface area contributed by atoms with Gasteiger partial charge < -0.3 is 10.1 Å². The van der Waals surface area contributed by atoms with E-state index in [1.807, 2.05) is 0 Å². The highest BCUT2D eigenvalue weighted by Gasteiger charge is 2.05. The minimum atomic E-state index is 0.607. The Morgan fingerprint density at radius 1 is 1.70 bits per heavy atom. The molecule has 0 saturated heterocycles. The number of rotatable bonds is 4. The summed E-state index contributed by atoms with van der Waals surface area (Å²) in [5.74, 6) is 0. The summed E-state index contributed by atoms with van der Waals surface area (Å²) in [4.78, 5) is 0. The second-order valence-corrected chi connectivity index (χ2v) is 2.58. The van der Waals surface area contributed by atoms with E-state index in [9.17, 15) is 0 Å². The molecule has 0 aromatic rings. The molecule has 58 valence electrons. The number of hydrogen-bond acceptors (Lipinski definition) is 2. The Morgan fingerprint density at radius 3 is 3.20 bits per heavy atom. The molecule has 0 radical (unpaired) electrons. The highest BCUT2D eigenvalue weighted by Crippen LogP contribution is 2.02. The van der Waals surface area contributed by atoms with Crippen molar-refractivity contribution in [1.29, 1.82) is 0 Å². The zero-order valence-electron chi connectivity index (χ0n) is 6.47. The van der Waals surface area contributed by atoms with Gasteiger partial charge in [-0.05, 0) is 12.8 Å². The molecule has 1 atom stereocenters. The van der Waals surface area contributed by atoms with Gasteiger partial charge in [-0.25, -0.2) is 0 Å². The zero-order chi connectivity index (χ0) is 7.23. The molecule has 2 heteroatoms. The second-order valence-electron chi connectivity index (χ2n) is 2.58. The molecule has 1 aliphatic heterocycles. The van der Waals surface area contributed by atoms with Crippen LogP contribution in [0.25, 0.3) is 0 Å². The minimum absolute atomic E-state index is 0.607. The third kappa shape index (κ3) is 2.50. The highest BCUT2D eigenvalue weighted by atomic mass is 16.5. The van der Waals surface area contributed by atoms with Crippen molar-refractivity contribution in [1.82, 2.24) is 5.32 Å². The Hall–Kier alpha value is -0.340. The van der Waals surface area contributed by atoms with E-state index in [0.717, 1.165) is 19.6 Å². The lowest BCUT2D eigenvalue weighted by Crippen LogP contribution is -2.21. The van der Waals surface area contributed by atoms with Crippen LogP contribution in [0.2, 0.25) is 0 Å². The second kappa shape index (κ2) is 4.47. The smallest absolute Gasteiger partial charge is 0.0462 e. The standard InChI is InChI=1S/C8H15NO/c1-10-7-3-5-8-4-2-6-9-8/h2,4,8-9H,3,5-7H2,1H3. The number of methoxy groups -OCH3 is 1. The first-order valence-corrected chi connectivity index (χ1v) is 3.82. The van der Waals surface area contributed by atoms with Crippen LogP contribution in [0.1, 0.15) is 12.8 Å². The van der Waals surface area contributed by atoms with Gasteiger partial charge in [0.1, 0.15) is 0 Å². The fraction of sp³-hybridized carbons (Fsp3) is 0.750. The van der Waals surface area contributed by atoms with Gasteiger partial charge in [-0.2, -0.15) is 0 Å². The van der Waals surface area contributed by atoms with E-state index in [2.05, 4.69) is 17.5 Å². The minimum Gasteiger partial charge on any atom is -0.385 e. The molecule has 0 saturated carbocycles. The van der Waals surface area contributed by atoms with Crippen LogP contribution in [-0.2, 0) is 4.74 Å². The molecule has 0 fully saturated rings. The van der Waals surface area contributed by atoms with Crippen molar-refractivity contribution in [2.45, 2.75) is 18.9 Å². The maximum Gasteiger partial charge on any atom is 0.0462 e. The lowest BCUT2D eigenvalue weighted by Gasteiger charge is -2.06. The van der Waals surface area contributed by atoms with Crippen LogP contribution in [0.4, 0.5) is 0 Å². The summed E-state index contributed by atoms with van der Waals surface area (Å²) >= 11 is 0. The lowest BCUT2D eigenvalue weighted by molar-refractivity contribution is 0.191. The van der Waals surface area contributed by atoms with E-state index in [4.69, 9.17) is 4.74 Å². The Bertz CT molecular complexity index is 112. The maximum atomic E-state index is 4.95. The molecule has 1 unspecified atom stereocenters. The van der Waals surface area contributed by atoms with Crippen LogP contribution in [0, 0.1) is 0 Å². The fourth-order valence-electron chi connectivity index (χ4n) is 1.17. The van der Waals surface area contributed by atoms with E-state index >= 15 is 0 Å². The Morgan fingerprint density at radius 2 is 2.60 bits per heavy atom. The fourth-order valence-corrected chi connectivity index (χ4v) is 1.17. The van der Waals surface area contributed by atoms with Crippen molar-refractivity contribution < 1.29 is 4.74 Å². The maximum absolute atomic E-state index is 4.95. The molecule has 0 bridgehead atoms. The number of nitrogens with one attached hydrogen (secondary N) is 1. The average Bonchev–Trinajstić information content (AvgIpc) is 2.41. The van der Waals surface area contributed by atoms with Gasteiger partial charge in [-0.15, -0.1) is 0 Å². The summed E-state index contributed by atoms with van der Waals surface area (Å²) in [6, 6.07) is 0.607. The summed E-state index contributed by atoms with van der Waals surface area (Å²) in [5.41, 5.74) is 0. The first-order chi connectivity index (χ1) is 4.93. The molecule has 2 nitrogen and oxygen atoms in total. The predicted octanol–water partition coefficient (Wildman–Crippen LogP) is 0.941. The topological polar surface area (TPSA) is 21.3 Å². The van der Waals surface area contributed by atoms with E-state index in [1.54, 1.807) is 7.11 Å². The van der Waals surface area contributed by atoms with E-state index in [1.165, 1.54) is 6.42 Å².